The molecule has 0 heterocycles. The molecule has 0 saturated heterocycles. The van der Waals surface area contributed by atoms with Crippen LogP contribution in [0.15, 0.2) is 0 Å². The van der Waals surface area contributed by atoms with Crippen LogP contribution in [0.1, 0.15) is 40.0 Å². The number of rotatable bonds is 4. The van der Waals surface area contributed by atoms with E-state index in [-0.39, 0.29) is 10.2 Å². The second-order valence-corrected chi connectivity index (χ2v) is 6.77. The van der Waals surface area contributed by atoms with E-state index in [0.29, 0.717) is 6.42 Å². The molecule has 1 N–H and O–H groups in total. The summed E-state index contributed by atoms with van der Waals surface area (Å²) in [7, 11) is 0. The summed E-state index contributed by atoms with van der Waals surface area (Å²) in [6.07, 6.45) is 2.56. The maximum Gasteiger partial charge on any atom is 0.303 e. The van der Waals surface area contributed by atoms with Gasteiger partial charge in [-0.15, -0.1) is 0 Å². The normalized spacial score (nSPS) is 19.9. The van der Waals surface area contributed by atoms with Crippen molar-refractivity contribution in [3.8, 4) is 0 Å². The van der Waals surface area contributed by atoms with E-state index < -0.39 is 5.97 Å². The van der Waals surface area contributed by atoms with Crippen molar-refractivity contribution in [3.05, 3.63) is 0 Å². The molecule has 0 aromatic rings. The molecule has 0 amide bonds. The van der Waals surface area contributed by atoms with Crippen LogP contribution in [0.25, 0.3) is 0 Å². The summed E-state index contributed by atoms with van der Waals surface area (Å²) in [5.74, 6) is 0.356. The predicted octanol–water partition coefficient (Wildman–Crippen LogP) is 2.77. The molecule has 13 heavy (non-hydrogen) atoms. The van der Waals surface area contributed by atoms with Gasteiger partial charge in [0.15, 0.2) is 0 Å². The lowest BCUT2D eigenvalue weighted by atomic mass is 10.1. The van der Waals surface area contributed by atoms with E-state index in [9.17, 15) is 4.79 Å². The summed E-state index contributed by atoms with van der Waals surface area (Å²) in [6, 6.07) is 0. The summed E-state index contributed by atoms with van der Waals surface area (Å²) in [6.45, 7) is 6.53. The van der Waals surface area contributed by atoms with Gasteiger partial charge in [0.1, 0.15) is 0 Å². The number of carboxylic acid groups (broad SMARTS) is 1. The van der Waals surface area contributed by atoms with E-state index >= 15 is 0 Å². The third-order valence-corrected chi connectivity index (χ3v) is 3.92. The van der Waals surface area contributed by atoms with Crippen molar-refractivity contribution < 1.29 is 9.90 Å². The third kappa shape index (κ3) is 4.03. The van der Waals surface area contributed by atoms with Crippen LogP contribution >= 0.6 is 11.8 Å². The highest BCUT2D eigenvalue weighted by Crippen LogP contribution is 2.52. The average molecular weight is 202 g/mol. The van der Waals surface area contributed by atoms with Crippen LogP contribution < -0.4 is 0 Å². The van der Waals surface area contributed by atoms with E-state index in [4.69, 9.17) is 5.11 Å². The molecule has 76 valence electrons. The number of carboxylic acids is 1. The van der Waals surface area contributed by atoms with Crippen LogP contribution in [-0.2, 0) is 4.79 Å². The molecule has 1 aliphatic rings. The van der Waals surface area contributed by atoms with E-state index in [0.717, 1.165) is 18.6 Å². The molecular weight excluding hydrogens is 184 g/mol. The minimum absolute atomic E-state index is 0.143. The van der Waals surface area contributed by atoms with Gasteiger partial charge >= 0.3 is 5.97 Å². The van der Waals surface area contributed by atoms with Crippen molar-refractivity contribution in [2.24, 2.45) is 5.41 Å². The van der Waals surface area contributed by atoms with Gasteiger partial charge in [0.05, 0.1) is 6.42 Å². The molecule has 1 saturated carbocycles. The Kier molecular flexibility index (Phi) is 2.95. The SMILES string of the molecule is CC(C)(C)SCC1(CC(=O)O)CC1. The number of thioether (sulfide) groups is 1. The number of carbonyl (C=O) groups is 1. The fourth-order valence-electron chi connectivity index (χ4n) is 1.24. The van der Waals surface area contributed by atoms with Crippen molar-refractivity contribution in [2.75, 3.05) is 5.75 Å². The van der Waals surface area contributed by atoms with Gasteiger partial charge in [0.2, 0.25) is 0 Å². The van der Waals surface area contributed by atoms with Gasteiger partial charge in [-0.25, -0.2) is 0 Å². The lowest BCUT2D eigenvalue weighted by Gasteiger charge is -2.21. The first-order valence-electron chi connectivity index (χ1n) is 4.69. The molecule has 0 atom stereocenters. The zero-order valence-electron chi connectivity index (χ0n) is 8.59. The highest BCUT2D eigenvalue weighted by Gasteiger charge is 2.44. The Bertz CT molecular complexity index is 201. The molecule has 0 spiro atoms. The summed E-state index contributed by atoms with van der Waals surface area (Å²) in [5, 5.41) is 8.71. The van der Waals surface area contributed by atoms with Gasteiger partial charge in [-0.05, 0) is 18.3 Å². The molecule has 1 fully saturated rings. The zero-order valence-corrected chi connectivity index (χ0v) is 9.41. The molecule has 0 aromatic carbocycles. The minimum Gasteiger partial charge on any atom is -0.481 e. The summed E-state index contributed by atoms with van der Waals surface area (Å²) in [5.41, 5.74) is 0.143. The minimum atomic E-state index is -0.646. The lowest BCUT2D eigenvalue weighted by molar-refractivity contribution is -0.138. The van der Waals surface area contributed by atoms with Crippen LogP contribution in [0.2, 0.25) is 0 Å². The van der Waals surface area contributed by atoms with Crippen LogP contribution in [0, 0.1) is 5.41 Å². The van der Waals surface area contributed by atoms with Crippen molar-refractivity contribution in [3.63, 3.8) is 0 Å². The molecule has 1 rings (SSSR count). The molecule has 2 nitrogen and oxygen atoms in total. The molecule has 0 aliphatic heterocycles. The Labute approximate surface area is 84.1 Å². The second-order valence-electron chi connectivity index (χ2n) is 4.97. The predicted molar refractivity (Wildman–Crippen MR) is 56.1 cm³/mol. The first-order valence-corrected chi connectivity index (χ1v) is 5.67. The van der Waals surface area contributed by atoms with Gasteiger partial charge in [0.25, 0.3) is 0 Å². The van der Waals surface area contributed by atoms with E-state index in [1.165, 1.54) is 0 Å². The van der Waals surface area contributed by atoms with Crippen molar-refractivity contribution in [2.45, 2.75) is 44.8 Å². The van der Waals surface area contributed by atoms with E-state index in [1.807, 2.05) is 11.8 Å². The van der Waals surface area contributed by atoms with E-state index in [1.54, 1.807) is 0 Å². The van der Waals surface area contributed by atoms with Gasteiger partial charge in [-0.3, -0.25) is 4.79 Å². The fraction of sp³-hybridized carbons (Fsp3) is 0.900. The Balaban J connectivity index is 2.32. The molecule has 0 radical (unpaired) electrons. The number of hydrogen-bond acceptors (Lipinski definition) is 2. The van der Waals surface area contributed by atoms with Crippen molar-refractivity contribution in [1.29, 1.82) is 0 Å². The van der Waals surface area contributed by atoms with Crippen LogP contribution in [-0.4, -0.2) is 21.6 Å². The van der Waals surface area contributed by atoms with Gasteiger partial charge in [0, 0.05) is 10.5 Å². The quantitative estimate of drug-likeness (QED) is 0.761. The van der Waals surface area contributed by atoms with Crippen molar-refractivity contribution >= 4 is 17.7 Å². The van der Waals surface area contributed by atoms with Crippen molar-refractivity contribution in [1.82, 2.24) is 0 Å². The number of hydrogen-bond donors (Lipinski definition) is 1. The zero-order chi connectivity index (χ0) is 10.1. The Morgan fingerprint density at radius 3 is 2.31 bits per heavy atom. The summed E-state index contributed by atoms with van der Waals surface area (Å²) in [4.78, 5) is 10.6. The number of aliphatic carboxylic acids is 1. The van der Waals surface area contributed by atoms with Gasteiger partial charge in [-0.2, -0.15) is 11.8 Å². The highest BCUT2D eigenvalue weighted by molar-refractivity contribution is 8.00. The summed E-state index contributed by atoms with van der Waals surface area (Å²) < 4.78 is 0.258. The molecule has 3 heteroatoms. The fourth-order valence-corrected chi connectivity index (χ4v) is 2.37. The maximum absolute atomic E-state index is 10.6. The molecular formula is C10H18O2S. The standard InChI is InChI=1S/C10H18O2S/c1-9(2,3)13-7-10(4-5-10)6-8(11)12/h4-7H2,1-3H3,(H,11,12). The van der Waals surface area contributed by atoms with Gasteiger partial charge < -0.3 is 5.11 Å². The van der Waals surface area contributed by atoms with Crippen LogP contribution in [0.4, 0.5) is 0 Å². The van der Waals surface area contributed by atoms with Crippen LogP contribution in [0.3, 0.4) is 0 Å². The topological polar surface area (TPSA) is 37.3 Å². The smallest absolute Gasteiger partial charge is 0.303 e. The Morgan fingerprint density at radius 1 is 1.46 bits per heavy atom. The molecule has 0 unspecified atom stereocenters. The largest absolute Gasteiger partial charge is 0.481 e. The molecule has 0 bridgehead atoms. The summed E-state index contributed by atoms with van der Waals surface area (Å²) >= 11 is 1.88. The monoisotopic (exact) mass is 202 g/mol. The molecule has 1 aliphatic carbocycles. The second kappa shape index (κ2) is 3.52. The van der Waals surface area contributed by atoms with Crippen LogP contribution in [0.5, 0.6) is 0 Å². The average Bonchev–Trinajstić information content (AvgIpc) is 2.63. The Morgan fingerprint density at radius 2 is 2.00 bits per heavy atom. The first kappa shape index (κ1) is 10.9. The molecule has 0 aromatic heterocycles. The highest BCUT2D eigenvalue weighted by atomic mass is 32.2. The maximum atomic E-state index is 10.6. The van der Waals surface area contributed by atoms with Gasteiger partial charge in [-0.1, -0.05) is 20.8 Å². The first-order chi connectivity index (χ1) is 5.83. The van der Waals surface area contributed by atoms with E-state index in [2.05, 4.69) is 20.8 Å². The third-order valence-electron chi connectivity index (χ3n) is 2.29. The Hall–Kier alpha value is -0.180. The lowest BCUT2D eigenvalue weighted by Crippen LogP contribution is -2.16.